The topological polar surface area (TPSA) is 66.7 Å². The maximum Gasteiger partial charge on any atom is 0.346 e. The van der Waals surface area contributed by atoms with Crippen LogP contribution in [0.4, 0.5) is 4.79 Å². The second kappa shape index (κ2) is 7.62. The van der Waals surface area contributed by atoms with E-state index >= 15 is 0 Å². The fourth-order valence-corrected chi connectivity index (χ4v) is 3.83. The van der Waals surface area contributed by atoms with Gasteiger partial charge in [0, 0.05) is 23.0 Å². The molecule has 28 heavy (non-hydrogen) atoms. The first-order chi connectivity index (χ1) is 13.2. The van der Waals surface area contributed by atoms with E-state index in [1.807, 2.05) is 50.2 Å². The molecule has 1 aromatic carbocycles. The van der Waals surface area contributed by atoms with Crippen LogP contribution in [0.1, 0.15) is 55.7 Å². The highest BCUT2D eigenvalue weighted by Gasteiger charge is 2.47. The van der Waals surface area contributed by atoms with Crippen molar-refractivity contribution in [1.29, 1.82) is 0 Å². The molecule has 0 spiro atoms. The molecule has 6 nitrogen and oxygen atoms in total. The molecule has 2 aromatic rings. The molecule has 0 unspecified atom stereocenters. The van der Waals surface area contributed by atoms with E-state index in [4.69, 9.17) is 0 Å². The van der Waals surface area contributed by atoms with Gasteiger partial charge < -0.3 is 9.88 Å². The fourth-order valence-electron chi connectivity index (χ4n) is 3.83. The molecule has 148 valence electrons. The number of hydrogen-bond donors (Lipinski definition) is 1. The lowest BCUT2D eigenvalue weighted by Gasteiger charge is -2.20. The van der Waals surface area contributed by atoms with Gasteiger partial charge in [-0.05, 0) is 59.1 Å². The number of aromatic nitrogens is 1. The van der Waals surface area contributed by atoms with E-state index in [1.54, 1.807) is 13.1 Å². The van der Waals surface area contributed by atoms with Crippen LogP contribution in [0.25, 0.3) is 0 Å². The predicted molar refractivity (Wildman–Crippen MR) is 110 cm³/mol. The molecule has 0 saturated carbocycles. The van der Waals surface area contributed by atoms with Crippen molar-refractivity contribution < 1.29 is 9.59 Å². The first-order valence-corrected chi connectivity index (χ1v) is 9.66. The monoisotopic (exact) mass is 380 g/mol. The Hall–Kier alpha value is -2.89. The summed E-state index contributed by atoms with van der Waals surface area (Å²) in [6, 6.07) is 11.8. The van der Waals surface area contributed by atoms with Crippen LogP contribution in [0, 0.1) is 13.8 Å². The van der Waals surface area contributed by atoms with E-state index in [0.29, 0.717) is 18.9 Å². The van der Waals surface area contributed by atoms with Gasteiger partial charge in [0.05, 0.1) is 6.21 Å². The van der Waals surface area contributed by atoms with E-state index in [2.05, 4.69) is 28.8 Å². The van der Waals surface area contributed by atoms with Crippen molar-refractivity contribution in [2.45, 2.75) is 59.0 Å². The van der Waals surface area contributed by atoms with Crippen LogP contribution in [0.2, 0.25) is 0 Å². The third-order valence-electron chi connectivity index (χ3n) is 5.35. The summed E-state index contributed by atoms with van der Waals surface area (Å²) < 4.78 is 2.21. The minimum atomic E-state index is -0.945. The van der Waals surface area contributed by atoms with E-state index in [1.165, 1.54) is 0 Å². The first kappa shape index (κ1) is 19.9. The summed E-state index contributed by atoms with van der Waals surface area (Å²) in [7, 11) is 0. The molecular formula is C22H28N4O2. The summed E-state index contributed by atoms with van der Waals surface area (Å²) in [5.41, 5.74) is 3.28. The summed E-state index contributed by atoms with van der Waals surface area (Å²) in [6.45, 7) is 10.1. The SMILES string of the molecule is Cc1cc(/C=N\N2C(=O)N[C@](C)(CCc3ccccc3)C2=O)c(C)n1C(C)C. The second-order valence-electron chi connectivity index (χ2n) is 7.90. The van der Waals surface area contributed by atoms with Gasteiger partial charge in [0.25, 0.3) is 5.91 Å². The molecule has 0 bridgehead atoms. The summed E-state index contributed by atoms with van der Waals surface area (Å²) in [5, 5.41) is 7.97. The Morgan fingerprint density at radius 3 is 2.46 bits per heavy atom. The minimum Gasteiger partial charge on any atom is -0.346 e. The zero-order valence-electron chi connectivity index (χ0n) is 17.2. The molecule has 1 aliphatic rings. The molecule has 0 radical (unpaired) electrons. The van der Waals surface area contributed by atoms with Crippen LogP contribution in [-0.2, 0) is 11.2 Å². The Morgan fingerprint density at radius 1 is 1.18 bits per heavy atom. The molecule has 1 atom stereocenters. The van der Waals surface area contributed by atoms with Gasteiger partial charge >= 0.3 is 6.03 Å². The van der Waals surface area contributed by atoms with Crippen molar-refractivity contribution in [1.82, 2.24) is 14.9 Å². The van der Waals surface area contributed by atoms with Gasteiger partial charge in [-0.25, -0.2) is 4.79 Å². The minimum absolute atomic E-state index is 0.317. The van der Waals surface area contributed by atoms with Gasteiger partial charge in [-0.2, -0.15) is 5.10 Å². The lowest BCUT2D eigenvalue weighted by Crippen LogP contribution is -2.44. The third kappa shape index (κ3) is 3.72. The maximum absolute atomic E-state index is 12.9. The van der Waals surface area contributed by atoms with E-state index in [9.17, 15) is 9.59 Å². The molecule has 6 heteroatoms. The molecule has 1 aromatic heterocycles. The van der Waals surface area contributed by atoms with Gasteiger partial charge in [-0.15, -0.1) is 5.01 Å². The highest BCUT2D eigenvalue weighted by molar-refractivity contribution is 6.07. The van der Waals surface area contributed by atoms with E-state index in [-0.39, 0.29) is 5.91 Å². The van der Waals surface area contributed by atoms with Crippen molar-refractivity contribution in [3.63, 3.8) is 0 Å². The average molecular weight is 380 g/mol. The number of nitrogens with zero attached hydrogens (tertiary/aromatic N) is 3. The lowest BCUT2D eigenvalue weighted by atomic mass is 9.93. The Labute approximate surface area is 166 Å². The van der Waals surface area contributed by atoms with Gasteiger partial charge in [0.15, 0.2) is 0 Å². The van der Waals surface area contributed by atoms with Crippen LogP contribution in [0.15, 0.2) is 41.5 Å². The number of hydrazone groups is 1. The van der Waals surface area contributed by atoms with Crippen LogP contribution in [0.3, 0.4) is 0 Å². The predicted octanol–water partition coefficient (Wildman–Crippen LogP) is 3.96. The third-order valence-corrected chi connectivity index (χ3v) is 5.35. The summed E-state index contributed by atoms with van der Waals surface area (Å²) >= 11 is 0. The first-order valence-electron chi connectivity index (χ1n) is 9.66. The van der Waals surface area contributed by atoms with Gasteiger partial charge in [-0.3, -0.25) is 4.79 Å². The smallest absolute Gasteiger partial charge is 0.346 e. The number of benzene rings is 1. The summed E-state index contributed by atoms with van der Waals surface area (Å²) in [5.74, 6) is -0.317. The number of carbonyl (C=O) groups is 2. The van der Waals surface area contributed by atoms with E-state index < -0.39 is 11.6 Å². The van der Waals surface area contributed by atoms with Gasteiger partial charge in [0.2, 0.25) is 0 Å². The summed E-state index contributed by atoms with van der Waals surface area (Å²) in [6.07, 6.45) is 2.83. The molecule has 1 aliphatic heterocycles. The molecule has 3 rings (SSSR count). The number of nitrogens with one attached hydrogen (secondary N) is 1. The Morgan fingerprint density at radius 2 is 1.86 bits per heavy atom. The number of aryl methyl sites for hydroxylation is 2. The molecular weight excluding hydrogens is 352 g/mol. The van der Waals surface area contributed by atoms with Crippen LogP contribution in [0.5, 0.6) is 0 Å². The van der Waals surface area contributed by atoms with Gasteiger partial charge in [0.1, 0.15) is 5.54 Å². The molecule has 1 N–H and O–H groups in total. The molecule has 1 fully saturated rings. The van der Waals surface area contributed by atoms with Crippen LogP contribution >= 0.6 is 0 Å². The zero-order valence-corrected chi connectivity index (χ0v) is 17.2. The van der Waals surface area contributed by atoms with Crippen molar-refractivity contribution in [2.24, 2.45) is 5.10 Å². The highest BCUT2D eigenvalue weighted by Crippen LogP contribution is 2.24. The number of rotatable bonds is 6. The molecule has 0 aliphatic carbocycles. The number of amides is 3. The van der Waals surface area contributed by atoms with Crippen LogP contribution < -0.4 is 5.32 Å². The van der Waals surface area contributed by atoms with Gasteiger partial charge in [-0.1, -0.05) is 30.3 Å². The van der Waals surface area contributed by atoms with Crippen molar-refractivity contribution in [3.05, 3.63) is 58.9 Å². The normalized spacial score (nSPS) is 19.9. The molecule has 3 amide bonds. The second-order valence-corrected chi connectivity index (χ2v) is 7.90. The molecule has 1 saturated heterocycles. The number of carbonyl (C=O) groups excluding carboxylic acids is 2. The average Bonchev–Trinajstić information content (AvgIpc) is 3.05. The standard InChI is InChI=1S/C22H28N4O2/c1-15(2)25-16(3)13-19(17(25)4)14-23-26-20(27)22(5,24-21(26)28)12-11-18-9-7-6-8-10-18/h6-10,13-15H,11-12H2,1-5H3,(H,24,28)/b23-14-/t22-/m1/s1. The fraction of sp³-hybridized carbons (Fsp3) is 0.409. The highest BCUT2D eigenvalue weighted by atomic mass is 16.2. The number of hydrogen-bond acceptors (Lipinski definition) is 3. The van der Waals surface area contributed by atoms with Crippen molar-refractivity contribution in [2.75, 3.05) is 0 Å². The van der Waals surface area contributed by atoms with E-state index in [0.717, 1.165) is 27.5 Å². The Bertz CT molecular complexity index is 914. The maximum atomic E-state index is 12.9. The lowest BCUT2D eigenvalue weighted by molar-refractivity contribution is -0.130. The molecule has 2 heterocycles. The number of urea groups is 1. The summed E-state index contributed by atoms with van der Waals surface area (Å²) in [4.78, 5) is 25.2. The Kier molecular flexibility index (Phi) is 5.40. The zero-order chi connectivity index (χ0) is 20.5. The van der Waals surface area contributed by atoms with Crippen LogP contribution in [-0.4, -0.2) is 33.3 Å². The quantitative estimate of drug-likeness (QED) is 0.609. The van der Waals surface area contributed by atoms with Crippen molar-refractivity contribution >= 4 is 18.2 Å². The number of imide groups is 1. The Balaban J connectivity index is 1.75. The largest absolute Gasteiger partial charge is 0.346 e. The van der Waals surface area contributed by atoms with Crippen molar-refractivity contribution in [3.8, 4) is 0 Å².